The van der Waals surface area contributed by atoms with E-state index < -0.39 is 0 Å². The molecule has 0 fully saturated rings. The molecule has 0 atom stereocenters. The second-order valence-electron chi connectivity index (χ2n) is 3.61. The molecule has 4 heteroatoms. The molecule has 1 aromatic heterocycles. The first-order chi connectivity index (χ1) is 8.66. The highest BCUT2D eigenvalue weighted by Gasteiger charge is 2.01. The lowest BCUT2D eigenvalue weighted by atomic mass is 10.1. The quantitative estimate of drug-likeness (QED) is 0.619. The summed E-state index contributed by atoms with van der Waals surface area (Å²) in [7, 11) is 0. The number of hydrogen-bond acceptors (Lipinski definition) is 2. The molecule has 0 aliphatic heterocycles. The van der Waals surface area contributed by atoms with Crippen molar-refractivity contribution in [3.63, 3.8) is 0 Å². The van der Waals surface area contributed by atoms with E-state index in [1.807, 2.05) is 0 Å². The molecule has 2 nitrogen and oxygen atoms in total. The van der Waals surface area contributed by atoms with Gasteiger partial charge in [0.1, 0.15) is 0 Å². The van der Waals surface area contributed by atoms with Crippen LogP contribution in [0, 0.1) is 0 Å². The first kappa shape index (κ1) is 12.8. The average Bonchev–Trinajstić information content (AvgIpc) is 2.41. The van der Waals surface area contributed by atoms with Crippen LogP contribution in [0.2, 0.25) is 10.0 Å². The second kappa shape index (κ2) is 5.80. The summed E-state index contributed by atoms with van der Waals surface area (Å²) in [6.07, 6.45) is 6.33. The maximum Gasteiger partial charge on any atom is 0.187 e. The first-order valence-corrected chi connectivity index (χ1v) is 6.00. The molecule has 0 N–H and O–H groups in total. The maximum absolute atomic E-state index is 11.8. The number of hydrogen-bond donors (Lipinski definition) is 0. The topological polar surface area (TPSA) is 30.0 Å². The van der Waals surface area contributed by atoms with Crippen molar-refractivity contribution in [1.29, 1.82) is 0 Å². The van der Waals surface area contributed by atoms with Crippen LogP contribution >= 0.6 is 23.2 Å². The summed E-state index contributed by atoms with van der Waals surface area (Å²) in [6.45, 7) is 0. The highest BCUT2D eigenvalue weighted by atomic mass is 35.5. The van der Waals surface area contributed by atoms with Gasteiger partial charge in [0.25, 0.3) is 0 Å². The molecule has 0 amide bonds. The van der Waals surface area contributed by atoms with E-state index in [0.717, 1.165) is 5.56 Å². The Balaban J connectivity index is 2.16. The van der Waals surface area contributed by atoms with Gasteiger partial charge in [0, 0.05) is 18.0 Å². The van der Waals surface area contributed by atoms with E-state index in [9.17, 15) is 4.79 Å². The fourth-order valence-corrected chi connectivity index (χ4v) is 1.70. The summed E-state index contributed by atoms with van der Waals surface area (Å²) in [5.74, 6) is -0.103. The molecule has 0 bridgehead atoms. The lowest BCUT2D eigenvalue weighted by Gasteiger charge is -1.97. The van der Waals surface area contributed by atoms with Crippen LogP contribution in [0.5, 0.6) is 0 Å². The summed E-state index contributed by atoms with van der Waals surface area (Å²) in [6, 6.07) is 8.63. The Morgan fingerprint density at radius 1 is 1.17 bits per heavy atom. The zero-order chi connectivity index (χ0) is 13.0. The van der Waals surface area contributed by atoms with E-state index in [1.54, 1.807) is 42.6 Å². The minimum absolute atomic E-state index is 0.103. The van der Waals surface area contributed by atoms with Gasteiger partial charge in [0.05, 0.1) is 10.0 Å². The molecule has 18 heavy (non-hydrogen) atoms. The van der Waals surface area contributed by atoms with Gasteiger partial charge in [-0.25, -0.2) is 0 Å². The normalized spacial score (nSPS) is 10.8. The van der Waals surface area contributed by atoms with Crippen LogP contribution in [0.15, 0.2) is 48.8 Å². The van der Waals surface area contributed by atoms with Crippen LogP contribution in [-0.2, 0) is 0 Å². The second-order valence-corrected chi connectivity index (χ2v) is 4.43. The summed E-state index contributed by atoms with van der Waals surface area (Å²) in [5.41, 5.74) is 1.37. The zero-order valence-corrected chi connectivity index (χ0v) is 10.8. The Bertz CT molecular complexity index is 594. The molecule has 0 unspecified atom stereocenters. The van der Waals surface area contributed by atoms with Crippen LogP contribution in [0.1, 0.15) is 15.9 Å². The molecule has 0 saturated carbocycles. The van der Waals surface area contributed by atoms with Gasteiger partial charge in [-0.05, 0) is 35.9 Å². The number of allylic oxidation sites excluding steroid dienone is 1. The largest absolute Gasteiger partial charge is 0.289 e. The maximum atomic E-state index is 11.8. The number of aromatic nitrogens is 1. The summed E-state index contributed by atoms with van der Waals surface area (Å²) in [4.78, 5) is 15.7. The third kappa shape index (κ3) is 3.19. The molecule has 90 valence electrons. The number of halogens is 2. The van der Waals surface area contributed by atoms with Gasteiger partial charge in [0.2, 0.25) is 0 Å². The summed E-state index contributed by atoms with van der Waals surface area (Å²) in [5, 5.41) is 0.958. The predicted octanol–water partition coefficient (Wildman–Crippen LogP) is 4.28. The summed E-state index contributed by atoms with van der Waals surface area (Å²) < 4.78 is 0. The standard InChI is InChI=1S/C14H9Cl2NO/c15-12-5-3-10(8-13(12)16)4-6-14(18)11-2-1-7-17-9-11/h1-9H. The van der Waals surface area contributed by atoms with Gasteiger partial charge in [-0.2, -0.15) is 0 Å². The lowest BCUT2D eigenvalue weighted by Crippen LogP contribution is -1.93. The molecule has 0 radical (unpaired) electrons. The fourth-order valence-electron chi connectivity index (χ4n) is 1.39. The summed E-state index contributed by atoms with van der Waals surface area (Å²) >= 11 is 11.7. The van der Waals surface area contributed by atoms with E-state index in [2.05, 4.69) is 4.98 Å². The number of carbonyl (C=O) groups is 1. The Morgan fingerprint density at radius 3 is 2.67 bits per heavy atom. The Kier molecular flexibility index (Phi) is 4.13. The monoisotopic (exact) mass is 277 g/mol. The zero-order valence-electron chi connectivity index (χ0n) is 9.31. The van der Waals surface area contributed by atoms with E-state index in [4.69, 9.17) is 23.2 Å². The lowest BCUT2D eigenvalue weighted by molar-refractivity contribution is 0.104. The van der Waals surface area contributed by atoms with E-state index in [0.29, 0.717) is 15.6 Å². The molecule has 2 aromatic rings. The van der Waals surface area contributed by atoms with Crippen LogP contribution in [0.4, 0.5) is 0 Å². The number of rotatable bonds is 3. The number of carbonyl (C=O) groups excluding carboxylic acids is 1. The van der Waals surface area contributed by atoms with Crippen molar-refractivity contribution >= 4 is 35.1 Å². The molecule has 2 rings (SSSR count). The third-order valence-electron chi connectivity index (χ3n) is 2.32. The van der Waals surface area contributed by atoms with Crippen molar-refractivity contribution in [2.45, 2.75) is 0 Å². The van der Waals surface area contributed by atoms with Crippen LogP contribution in [0.25, 0.3) is 6.08 Å². The molecule has 1 aromatic carbocycles. The highest BCUT2D eigenvalue weighted by molar-refractivity contribution is 6.42. The highest BCUT2D eigenvalue weighted by Crippen LogP contribution is 2.23. The van der Waals surface area contributed by atoms with Gasteiger partial charge < -0.3 is 0 Å². The van der Waals surface area contributed by atoms with Crippen molar-refractivity contribution in [2.75, 3.05) is 0 Å². The fraction of sp³-hybridized carbons (Fsp3) is 0. The van der Waals surface area contributed by atoms with Crippen LogP contribution in [0.3, 0.4) is 0 Å². The van der Waals surface area contributed by atoms with Crippen molar-refractivity contribution < 1.29 is 4.79 Å². The molecule has 1 heterocycles. The van der Waals surface area contributed by atoms with E-state index in [-0.39, 0.29) is 5.78 Å². The van der Waals surface area contributed by atoms with Gasteiger partial charge in [0.15, 0.2) is 5.78 Å². The molecule has 0 spiro atoms. The van der Waals surface area contributed by atoms with Crippen molar-refractivity contribution in [3.05, 3.63) is 70.0 Å². The molecule has 0 aliphatic rings. The number of nitrogens with zero attached hydrogens (tertiary/aromatic N) is 1. The molecular weight excluding hydrogens is 269 g/mol. The Morgan fingerprint density at radius 2 is 2.00 bits per heavy atom. The van der Waals surface area contributed by atoms with Crippen molar-refractivity contribution in [3.8, 4) is 0 Å². The van der Waals surface area contributed by atoms with Crippen LogP contribution in [-0.4, -0.2) is 10.8 Å². The number of ketones is 1. The molecular formula is C14H9Cl2NO. The predicted molar refractivity (Wildman–Crippen MR) is 74.1 cm³/mol. The Labute approximate surface area is 115 Å². The Hall–Kier alpha value is -1.64. The minimum Gasteiger partial charge on any atom is -0.289 e. The van der Waals surface area contributed by atoms with Gasteiger partial charge in [-0.1, -0.05) is 35.3 Å². The number of benzene rings is 1. The van der Waals surface area contributed by atoms with E-state index >= 15 is 0 Å². The third-order valence-corrected chi connectivity index (χ3v) is 3.06. The van der Waals surface area contributed by atoms with Crippen molar-refractivity contribution in [2.24, 2.45) is 0 Å². The van der Waals surface area contributed by atoms with Gasteiger partial charge >= 0.3 is 0 Å². The minimum atomic E-state index is -0.103. The molecule has 0 saturated heterocycles. The van der Waals surface area contributed by atoms with Crippen molar-refractivity contribution in [1.82, 2.24) is 4.98 Å². The van der Waals surface area contributed by atoms with Gasteiger partial charge in [-0.15, -0.1) is 0 Å². The first-order valence-electron chi connectivity index (χ1n) is 5.24. The smallest absolute Gasteiger partial charge is 0.187 e. The van der Waals surface area contributed by atoms with Gasteiger partial charge in [-0.3, -0.25) is 9.78 Å². The average molecular weight is 278 g/mol. The number of pyridine rings is 1. The van der Waals surface area contributed by atoms with Crippen LogP contribution < -0.4 is 0 Å². The van der Waals surface area contributed by atoms with E-state index in [1.165, 1.54) is 12.3 Å². The SMILES string of the molecule is O=C(C=Cc1ccc(Cl)c(Cl)c1)c1cccnc1. The molecule has 0 aliphatic carbocycles.